The molecule has 26 heavy (non-hydrogen) atoms. The van der Waals surface area contributed by atoms with Gasteiger partial charge in [-0.15, -0.1) is 0 Å². The fourth-order valence-electron chi connectivity index (χ4n) is 3.10. The number of sulfone groups is 2. The van der Waals surface area contributed by atoms with Crippen LogP contribution in [0.25, 0.3) is 0 Å². The standard InChI is InChI=1S/C18H20FNO4S2/c1-13-6-8-15(9-7-13)26(23,24)18-12-25(21,22)11-17(18)20-10-14-4-2-3-5-16(14)19/h2-9,17-18,20H,10-12H2,1H3/t17-,18-/m0/s1. The highest BCUT2D eigenvalue weighted by Gasteiger charge is 2.45. The normalized spacial score (nSPS) is 22.4. The molecule has 0 saturated carbocycles. The predicted octanol–water partition coefficient (Wildman–Crippen LogP) is 1.86. The highest BCUT2D eigenvalue weighted by Crippen LogP contribution is 2.26. The van der Waals surface area contributed by atoms with Crippen molar-refractivity contribution in [2.75, 3.05) is 11.5 Å². The van der Waals surface area contributed by atoms with Gasteiger partial charge in [0.05, 0.1) is 21.7 Å². The first kappa shape index (κ1) is 19.0. The summed E-state index contributed by atoms with van der Waals surface area (Å²) in [5.41, 5.74) is 1.28. The van der Waals surface area contributed by atoms with Crippen LogP contribution in [-0.2, 0) is 26.2 Å². The molecule has 140 valence electrons. The molecule has 2 atom stereocenters. The van der Waals surface area contributed by atoms with Gasteiger partial charge in [0.2, 0.25) is 0 Å². The summed E-state index contributed by atoms with van der Waals surface area (Å²) >= 11 is 0. The molecule has 3 rings (SSSR count). The van der Waals surface area contributed by atoms with Gasteiger partial charge in [-0.2, -0.15) is 0 Å². The van der Waals surface area contributed by atoms with Gasteiger partial charge < -0.3 is 5.32 Å². The molecule has 0 spiro atoms. The Balaban J connectivity index is 1.86. The van der Waals surface area contributed by atoms with Crippen LogP contribution in [0.1, 0.15) is 11.1 Å². The Hall–Kier alpha value is -1.77. The molecule has 1 aliphatic rings. The Morgan fingerprint density at radius 2 is 1.73 bits per heavy atom. The lowest BCUT2D eigenvalue weighted by molar-refractivity contribution is 0.515. The maximum Gasteiger partial charge on any atom is 0.183 e. The van der Waals surface area contributed by atoms with Gasteiger partial charge in [-0.25, -0.2) is 21.2 Å². The quantitative estimate of drug-likeness (QED) is 0.833. The molecule has 0 bridgehead atoms. The van der Waals surface area contributed by atoms with Crippen LogP contribution in [0.3, 0.4) is 0 Å². The second-order valence-electron chi connectivity index (χ2n) is 6.55. The van der Waals surface area contributed by atoms with Crippen molar-refractivity contribution in [2.24, 2.45) is 0 Å². The van der Waals surface area contributed by atoms with Gasteiger partial charge in [0.1, 0.15) is 5.82 Å². The molecule has 1 heterocycles. The van der Waals surface area contributed by atoms with E-state index >= 15 is 0 Å². The van der Waals surface area contributed by atoms with Crippen LogP contribution in [0.4, 0.5) is 4.39 Å². The molecule has 1 saturated heterocycles. The summed E-state index contributed by atoms with van der Waals surface area (Å²) in [5, 5.41) is 1.84. The Morgan fingerprint density at radius 1 is 1.08 bits per heavy atom. The van der Waals surface area contributed by atoms with Gasteiger partial charge in [-0.3, -0.25) is 0 Å². The van der Waals surface area contributed by atoms with Gasteiger partial charge in [-0.05, 0) is 25.1 Å². The summed E-state index contributed by atoms with van der Waals surface area (Å²) in [6.45, 7) is 1.90. The Kier molecular flexibility index (Phi) is 5.18. The fourth-order valence-corrected chi connectivity index (χ4v) is 7.81. The van der Waals surface area contributed by atoms with Gasteiger partial charge in [0.25, 0.3) is 0 Å². The number of hydrogen-bond donors (Lipinski definition) is 1. The number of hydrogen-bond acceptors (Lipinski definition) is 5. The molecule has 1 aliphatic heterocycles. The molecule has 0 amide bonds. The van der Waals surface area contributed by atoms with E-state index in [1.54, 1.807) is 30.3 Å². The van der Waals surface area contributed by atoms with E-state index in [1.807, 2.05) is 6.92 Å². The van der Waals surface area contributed by atoms with E-state index in [9.17, 15) is 21.2 Å². The third-order valence-corrected chi connectivity index (χ3v) is 8.73. The molecule has 5 nitrogen and oxygen atoms in total. The molecule has 2 aromatic carbocycles. The Bertz CT molecular complexity index is 1000. The van der Waals surface area contributed by atoms with Crippen LogP contribution in [0.2, 0.25) is 0 Å². The summed E-state index contributed by atoms with van der Waals surface area (Å²) in [6.07, 6.45) is 0. The van der Waals surface area contributed by atoms with Gasteiger partial charge in [-0.1, -0.05) is 35.9 Å². The number of benzene rings is 2. The van der Waals surface area contributed by atoms with E-state index in [4.69, 9.17) is 0 Å². The third-order valence-electron chi connectivity index (χ3n) is 4.56. The van der Waals surface area contributed by atoms with Crippen LogP contribution >= 0.6 is 0 Å². The van der Waals surface area contributed by atoms with Crippen LogP contribution in [-0.4, -0.2) is 39.6 Å². The van der Waals surface area contributed by atoms with E-state index in [2.05, 4.69) is 5.32 Å². The maximum atomic E-state index is 13.8. The Labute approximate surface area is 153 Å². The first-order chi connectivity index (χ1) is 12.2. The van der Waals surface area contributed by atoms with Crippen molar-refractivity contribution in [3.63, 3.8) is 0 Å². The van der Waals surface area contributed by atoms with Crippen molar-refractivity contribution in [3.8, 4) is 0 Å². The first-order valence-electron chi connectivity index (χ1n) is 8.17. The van der Waals surface area contributed by atoms with Crippen LogP contribution in [0.15, 0.2) is 53.4 Å². The third kappa shape index (κ3) is 3.97. The molecule has 0 aromatic heterocycles. The predicted molar refractivity (Wildman–Crippen MR) is 97.8 cm³/mol. The highest BCUT2D eigenvalue weighted by atomic mass is 32.2. The van der Waals surface area contributed by atoms with E-state index in [0.29, 0.717) is 5.56 Å². The highest BCUT2D eigenvalue weighted by molar-refractivity contribution is 7.96. The molecule has 0 unspecified atom stereocenters. The van der Waals surface area contributed by atoms with E-state index in [0.717, 1.165) is 5.56 Å². The number of nitrogens with one attached hydrogen (secondary N) is 1. The van der Waals surface area contributed by atoms with E-state index < -0.39 is 42.5 Å². The minimum absolute atomic E-state index is 0.0623. The molecule has 2 aromatic rings. The zero-order valence-corrected chi connectivity index (χ0v) is 15.9. The van der Waals surface area contributed by atoms with Crippen molar-refractivity contribution in [1.82, 2.24) is 5.32 Å². The summed E-state index contributed by atoms with van der Waals surface area (Å²) in [5.74, 6) is -1.13. The van der Waals surface area contributed by atoms with Gasteiger partial charge in [0, 0.05) is 18.2 Å². The minimum Gasteiger partial charge on any atom is -0.307 e. The zero-order valence-electron chi connectivity index (χ0n) is 14.2. The first-order valence-corrected chi connectivity index (χ1v) is 11.5. The SMILES string of the molecule is Cc1ccc(S(=O)(=O)[C@H]2CS(=O)(=O)C[C@@H]2NCc2ccccc2F)cc1. The second-order valence-corrected chi connectivity index (χ2v) is 10.9. The number of aryl methyl sites for hydroxylation is 1. The molecule has 0 radical (unpaired) electrons. The van der Waals surface area contributed by atoms with Crippen molar-refractivity contribution < 1.29 is 21.2 Å². The lowest BCUT2D eigenvalue weighted by atomic mass is 10.2. The van der Waals surface area contributed by atoms with Crippen LogP contribution in [0, 0.1) is 12.7 Å². The van der Waals surface area contributed by atoms with Crippen LogP contribution < -0.4 is 5.32 Å². The average molecular weight is 397 g/mol. The molecule has 1 fully saturated rings. The smallest absolute Gasteiger partial charge is 0.183 e. The van der Waals surface area contributed by atoms with Crippen LogP contribution in [0.5, 0.6) is 0 Å². The molecular formula is C18H20FNO4S2. The lowest BCUT2D eigenvalue weighted by Crippen LogP contribution is -2.43. The van der Waals surface area contributed by atoms with Crippen molar-refractivity contribution in [1.29, 1.82) is 0 Å². The minimum atomic E-state index is -3.83. The molecular weight excluding hydrogens is 377 g/mol. The molecule has 0 aliphatic carbocycles. The number of rotatable bonds is 5. The summed E-state index contributed by atoms with van der Waals surface area (Å²) in [7, 11) is -7.32. The second kappa shape index (κ2) is 7.09. The van der Waals surface area contributed by atoms with Gasteiger partial charge in [0.15, 0.2) is 19.7 Å². The molecule has 1 N–H and O–H groups in total. The fraction of sp³-hybridized carbons (Fsp3) is 0.333. The largest absolute Gasteiger partial charge is 0.307 e. The van der Waals surface area contributed by atoms with E-state index in [1.165, 1.54) is 18.2 Å². The van der Waals surface area contributed by atoms with Crippen molar-refractivity contribution in [2.45, 2.75) is 29.7 Å². The molecule has 8 heteroatoms. The van der Waals surface area contributed by atoms with Crippen molar-refractivity contribution >= 4 is 19.7 Å². The maximum absolute atomic E-state index is 13.8. The monoisotopic (exact) mass is 397 g/mol. The Morgan fingerprint density at radius 3 is 2.38 bits per heavy atom. The van der Waals surface area contributed by atoms with Crippen molar-refractivity contribution in [3.05, 3.63) is 65.5 Å². The van der Waals surface area contributed by atoms with E-state index in [-0.39, 0.29) is 17.2 Å². The average Bonchev–Trinajstić information content (AvgIpc) is 2.90. The van der Waals surface area contributed by atoms with Gasteiger partial charge >= 0.3 is 0 Å². The lowest BCUT2D eigenvalue weighted by Gasteiger charge is -2.20. The zero-order chi connectivity index (χ0) is 18.9. The number of halogens is 1. The summed E-state index contributed by atoms with van der Waals surface area (Å²) in [4.78, 5) is 0.0999. The topological polar surface area (TPSA) is 80.3 Å². The summed E-state index contributed by atoms with van der Waals surface area (Å²) < 4.78 is 63.8. The summed E-state index contributed by atoms with van der Waals surface area (Å²) in [6, 6.07) is 11.7.